The molecular weight excluding hydrogens is 409 g/mol. The summed E-state index contributed by atoms with van der Waals surface area (Å²) in [5.74, 6) is -2.98. The first kappa shape index (κ1) is 24.0. The van der Waals surface area contributed by atoms with Crippen LogP contribution in [0.4, 0.5) is 22.0 Å². The van der Waals surface area contributed by atoms with Gasteiger partial charge in [0.25, 0.3) is 0 Å². The number of hydrogen-bond donors (Lipinski definition) is 2. The summed E-state index contributed by atoms with van der Waals surface area (Å²) in [5.41, 5.74) is 7.38. The monoisotopic (exact) mass is 435 g/mol. The fraction of sp³-hybridized carbons (Fsp3) is 0.632. The van der Waals surface area contributed by atoms with E-state index < -0.39 is 36.9 Å². The van der Waals surface area contributed by atoms with E-state index >= 15 is 0 Å². The first-order chi connectivity index (χ1) is 14.0. The Labute approximate surface area is 171 Å². The summed E-state index contributed by atoms with van der Waals surface area (Å²) in [7, 11) is 0. The van der Waals surface area contributed by atoms with Crippen LogP contribution in [0.3, 0.4) is 0 Å². The van der Waals surface area contributed by atoms with Gasteiger partial charge in [-0.15, -0.1) is 0 Å². The number of fused-ring (bicyclic) bond motifs is 1. The zero-order chi connectivity index (χ0) is 22.4. The minimum atomic E-state index is -4.34. The van der Waals surface area contributed by atoms with Gasteiger partial charge in [-0.3, -0.25) is 4.79 Å². The molecule has 168 valence electrons. The first-order valence-corrected chi connectivity index (χ1v) is 9.77. The predicted octanol–water partition coefficient (Wildman–Crippen LogP) is 4.29. The van der Waals surface area contributed by atoms with Gasteiger partial charge in [-0.1, -0.05) is 6.42 Å². The van der Waals surface area contributed by atoms with E-state index in [-0.39, 0.29) is 19.4 Å². The highest BCUT2D eigenvalue weighted by Crippen LogP contribution is 2.32. The average Bonchev–Trinajstić information content (AvgIpc) is 3.08. The minimum Gasteiger partial charge on any atom is -0.350 e. The van der Waals surface area contributed by atoms with E-state index in [1.54, 1.807) is 23.7 Å². The molecule has 1 atom stereocenters. The summed E-state index contributed by atoms with van der Waals surface area (Å²) in [6.45, 7) is 1.95. The molecule has 0 radical (unpaired) electrons. The molecule has 0 aliphatic heterocycles. The Morgan fingerprint density at radius 2 is 1.97 bits per heavy atom. The quantitative estimate of drug-likeness (QED) is 0.686. The van der Waals surface area contributed by atoms with Crippen molar-refractivity contribution in [1.82, 2.24) is 19.9 Å². The van der Waals surface area contributed by atoms with Crippen molar-refractivity contribution in [2.24, 2.45) is 5.73 Å². The summed E-state index contributed by atoms with van der Waals surface area (Å²) in [4.78, 5) is 15.8. The van der Waals surface area contributed by atoms with Crippen LogP contribution in [0.5, 0.6) is 0 Å². The lowest BCUT2D eigenvalue weighted by Crippen LogP contribution is -2.28. The summed E-state index contributed by atoms with van der Waals surface area (Å²) >= 11 is 0. The standard InChI is InChI=1S/C13H16F3N5O.C6H10F2/c1-8(19-12(22)2-3-13(14,15)16)9-4-11-20-10(5-17)7-21(11)18-6-9;7-6(8)4-2-1-3-5-6/h4,6-8H,2-3,5,17H2,1H3,(H,19,22);1-5H2. The number of alkyl halides is 5. The fourth-order valence-corrected chi connectivity index (χ4v) is 3.00. The number of aromatic nitrogens is 3. The molecule has 1 saturated carbocycles. The molecule has 3 rings (SSSR count). The molecule has 0 aromatic carbocycles. The van der Waals surface area contributed by atoms with Crippen LogP contribution in [0.25, 0.3) is 5.65 Å². The van der Waals surface area contributed by atoms with E-state index in [2.05, 4.69) is 15.4 Å². The van der Waals surface area contributed by atoms with Crippen LogP contribution in [0.1, 0.15) is 69.2 Å². The third-order valence-electron chi connectivity index (χ3n) is 4.70. The van der Waals surface area contributed by atoms with Crippen molar-refractivity contribution in [3.63, 3.8) is 0 Å². The van der Waals surface area contributed by atoms with Gasteiger partial charge in [0.2, 0.25) is 11.8 Å². The average molecular weight is 435 g/mol. The summed E-state index contributed by atoms with van der Waals surface area (Å²) in [6.07, 6.45) is -0.187. The van der Waals surface area contributed by atoms with Crippen molar-refractivity contribution in [2.45, 2.75) is 76.6 Å². The van der Waals surface area contributed by atoms with Crippen molar-refractivity contribution in [3.8, 4) is 0 Å². The Morgan fingerprint density at radius 1 is 1.30 bits per heavy atom. The molecule has 3 N–H and O–H groups in total. The van der Waals surface area contributed by atoms with E-state index in [4.69, 9.17) is 5.73 Å². The number of hydrogen-bond acceptors (Lipinski definition) is 4. The Balaban J connectivity index is 0.000000335. The Hall–Kier alpha value is -2.30. The van der Waals surface area contributed by atoms with Crippen LogP contribution < -0.4 is 11.1 Å². The molecule has 0 saturated heterocycles. The number of amides is 1. The number of nitrogens with zero attached hydrogens (tertiary/aromatic N) is 3. The van der Waals surface area contributed by atoms with Crippen LogP contribution in [0.2, 0.25) is 0 Å². The molecule has 1 amide bonds. The highest BCUT2D eigenvalue weighted by molar-refractivity contribution is 5.76. The van der Waals surface area contributed by atoms with Crippen molar-refractivity contribution in [2.75, 3.05) is 0 Å². The summed E-state index contributed by atoms with van der Waals surface area (Å²) in [5, 5.41) is 6.64. The highest BCUT2D eigenvalue weighted by atomic mass is 19.4. The van der Waals surface area contributed by atoms with Crippen LogP contribution in [0, 0.1) is 0 Å². The topological polar surface area (TPSA) is 85.3 Å². The van der Waals surface area contributed by atoms with Gasteiger partial charge in [-0.05, 0) is 31.4 Å². The van der Waals surface area contributed by atoms with E-state index in [0.29, 0.717) is 29.7 Å². The smallest absolute Gasteiger partial charge is 0.350 e. The maximum atomic E-state index is 12.2. The molecule has 1 unspecified atom stereocenters. The lowest BCUT2D eigenvalue weighted by molar-refractivity contribution is -0.144. The third-order valence-corrected chi connectivity index (χ3v) is 4.70. The van der Waals surface area contributed by atoms with Gasteiger partial charge in [0.15, 0.2) is 5.65 Å². The normalized spacial score (nSPS) is 17.2. The molecule has 0 spiro atoms. The van der Waals surface area contributed by atoms with Crippen molar-refractivity contribution in [1.29, 1.82) is 0 Å². The summed E-state index contributed by atoms with van der Waals surface area (Å²) < 4.78 is 62.2. The van der Waals surface area contributed by atoms with E-state index in [0.717, 1.165) is 6.42 Å². The van der Waals surface area contributed by atoms with Crippen LogP contribution >= 0.6 is 0 Å². The highest BCUT2D eigenvalue weighted by Gasteiger charge is 2.30. The van der Waals surface area contributed by atoms with Crippen molar-refractivity contribution < 1.29 is 26.7 Å². The van der Waals surface area contributed by atoms with Gasteiger partial charge in [-0.2, -0.15) is 18.3 Å². The maximum Gasteiger partial charge on any atom is 0.389 e. The number of rotatable bonds is 5. The molecule has 1 fully saturated rings. The second-order valence-electron chi connectivity index (χ2n) is 7.35. The van der Waals surface area contributed by atoms with E-state index in [1.807, 2.05) is 0 Å². The Morgan fingerprint density at radius 3 is 2.50 bits per heavy atom. The molecular formula is C19H26F5N5O. The second kappa shape index (κ2) is 10.1. The van der Waals surface area contributed by atoms with Crippen molar-refractivity contribution in [3.05, 3.63) is 29.7 Å². The van der Waals surface area contributed by atoms with Gasteiger partial charge < -0.3 is 11.1 Å². The summed E-state index contributed by atoms with van der Waals surface area (Å²) in [6, 6.07) is 1.25. The maximum absolute atomic E-state index is 12.2. The molecule has 2 aromatic rings. The Bertz CT molecular complexity index is 828. The Kier molecular flexibility index (Phi) is 8.10. The predicted molar refractivity (Wildman–Crippen MR) is 101 cm³/mol. The number of imidazole rings is 1. The number of carbonyl (C=O) groups is 1. The fourth-order valence-electron chi connectivity index (χ4n) is 3.00. The first-order valence-electron chi connectivity index (χ1n) is 9.77. The van der Waals surface area contributed by atoms with Gasteiger partial charge in [0, 0.05) is 25.8 Å². The SMILES string of the molecule is CC(NC(=O)CCC(F)(F)F)c1cnn2cc(CN)nc2c1.FC1(F)CCCCC1. The largest absolute Gasteiger partial charge is 0.389 e. The van der Waals surface area contributed by atoms with Crippen LogP contribution in [-0.4, -0.2) is 32.6 Å². The van der Waals surface area contributed by atoms with Crippen LogP contribution in [0.15, 0.2) is 18.5 Å². The van der Waals surface area contributed by atoms with Gasteiger partial charge in [0.1, 0.15) is 0 Å². The van der Waals surface area contributed by atoms with E-state index in [1.165, 1.54) is 6.20 Å². The lowest BCUT2D eigenvalue weighted by Gasteiger charge is -2.20. The van der Waals surface area contributed by atoms with Crippen molar-refractivity contribution >= 4 is 11.6 Å². The number of halogens is 5. The molecule has 1 aliphatic rings. The van der Waals surface area contributed by atoms with Gasteiger partial charge >= 0.3 is 6.18 Å². The van der Waals surface area contributed by atoms with Gasteiger partial charge in [0.05, 0.1) is 30.6 Å². The molecule has 1 aliphatic carbocycles. The van der Waals surface area contributed by atoms with E-state index in [9.17, 15) is 26.7 Å². The second-order valence-corrected chi connectivity index (χ2v) is 7.35. The molecule has 0 bridgehead atoms. The zero-order valence-corrected chi connectivity index (χ0v) is 16.7. The minimum absolute atomic E-state index is 0.118. The number of nitrogens with two attached hydrogens (primary N) is 1. The van der Waals surface area contributed by atoms with Gasteiger partial charge in [-0.25, -0.2) is 18.3 Å². The molecule has 6 nitrogen and oxygen atoms in total. The zero-order valence-electron chi connectivity index (χ0n) is 16.7. The third kappa shape index (κ3) is 7.85. The molecule has 30 heavy (non-hydrogen) atoms. The number of carbonyl (C=O) groups excluding carboxylic acids is 1. The molecule has 2 aromatic heterocycles. The van der Waals surface area contributed by atoms with Crippen LogP contribution in [-0.2, 0) is 11.3 Å². The molecule has 2 heterocycles. The molecule has 11 heteroatoms. The number of nitrogens with one attached hydrogen (secondary N) is 1. The lowest BCUT2D eigenvalue weighted by atomic mass is 9.97.